The SMILES string of the molecule is CC(C)(C)c1cc(Br)cc(CO)c1O. The number of hydrogen-bond donors (Lipinski definition) is 2. The fraction of sp³-hybridized carbons (Fsp3) is 0.455. The molecule has 0 unspecified atom stereocenters. The fourth-order valence-corrected chi connectivity index (χ4v) is 1.85. The summed E-state index contributed by atoms with van der Waals surface area (Å²) < 4.78 is 0.879. The molecule has 0 heterocycles. The second kappa shape index (κ2) is 3.91. The van der Waals surface area contributed by atoms with Crippen LogP contribution in [-0.2, 0) is 12.0 Å². The molecule has 1 rings (SSSR count). The van der Waals surface area contributed by atoms with Gasteiger partial charge in [-0.05, 0) is 17.5 Å². The van der Waals surface area contributed by atoms with Crippen LogP contribution >= 0.6 is 15.9 Å². The molecule has 0 aliphatic heterocycles. The molecule has 0 aliphatic carbocycles. The fourth-order valence-electron chi connectivity index (χ4n) is 1.35. The van der Waals surface area contributed by atoms with Crippen LogP contribution in [0.1, 0.15) is 31.9 Å². The van der Waals surface area contributed by atoms with Crippen molar-refractivity contribution < 1.29 is 10.2 Å². The van der Waals surface area contributed by atoms with E-state index in [1.807, 2.05) is 26.8 Å². The first-order chi connectivity index (χ1) is 6.36. The molecule has 0 fully saturated rings. The van der Waals surface area contributed by atoms with Gasteiger partial charge in [0, 0.05) is 15.6 Å². The van der Waals surface area contributed by atoms with E-state index >= 15 is 0 Å². The van der Waals surface area contributed by atoms with Crippen LogP contribution in [0, 0.1) is 0 Å². The minimum absolute atomic E-state index is 0.127. The van der Waals surface area contributed by atoms with Gasteiger partial charge in [0.05, 0.1) is 6.61 Å². The standard InChI is InChI=1S/C11H15BrO2/c1-11(2,3)9-5-8(12)4-7(6-13)10(9)14/h4-5,13-14H,6H2,1-3H3. The Labute approximate surface area is 92.7 Å². The average molecular weight is 259 g/mol. The first kappa shape index (κ1) is 11.5. The summed E-state index contributed by atoms with van der Waals surface area (Å²) in [4.78, 5) is 0. The molecule has 0 amide bonds. The van der Waals surface area contributed by atoms with Crippen LogP contribution in [0.2, 0.25) is 0 Å². The van der Waals surface area contributed by atoms with E-state index in [1.165, 1.54) is 0 Å². The molecule has 0 aliphatic rings. The van der Waals surface area contributed by atoms with Crippen LogP contribution in [-0.4, -0.2) is 10.2 Å². The molecule has 2 N–H and O–H groups in total. The number of benzene rings is 1. The third-order valence-corrected chi connectivity index (χ3v) is 2.59. The molecule has 0 radical (unpaired) electrons. The third-order valence-electron chi connectivity index (χ3n) is 2.13. The second-order valence-corrected chi connectivity index (χ2v) is 5.28. The van der Waals surface area contributed by atoms with E-state index < -0.39 is 0 Å². The lowest BCUT2D eigenvalue weighted by atomic mass is 9.85. The predicted molar refractivity (Wildman–Crippen MR) is 60.4 cm³/mol. The zero-order chi connectivity index (χ0) is 10.9. The summed E-state index contributed by atoms with van der Waals surface area (Å²) >= 11 is 3.36. The lowest BCUT2D eigenvalue weighted by molar-refractivity contribution is 0.274. The predicted octanol–water partition coefficient (Wildman–Crippen LogP) is 2.94. The van der Waals surface area contributed by atoms with Gasteiger partial charge >= 0.3 is 0 Å². The maximum Gasteiger partial charge on any atom is 0.124 e. The van der Waals surface area contributed by atoms with Gasteiger partial charge in [-0.2, -0.15) is 0 Å². The van der Waals surface area contributed by atoms with Gasteiger partial charge < -0.3 is 10.2 Å². The van der Waals surface area contributed by atoms with Crippen molar-refractivity contribution in [1.29, 1.82) is 0 Å². The summed E-state index contributed by atoms with van der Waals surface area (Å²) in [7, 11) is 0. The maximum atomic E-state index is 9.87. The summed E-state index contributed by atoms with van der Waals surface area (Å²) in [6, 6.07) is 3.61. The highest BCUT2D eigenvalue weighted by Crippen LogP contribution is 2.35. The van der Waals surface area contributed by atoms with Crippen molar-refractivity contribution in [3.63, 3.8) is 0 Å². The van der Waals surface area contributed by atoms with E-state index in [9.17, 15) is 5.11 Å². The van der Waals surface area contributed by atoms with Crippen LogP contribution in [0.15, 0.2) is 16.6 Å². The van der Waals surface area contributed by atoms with Gasteiger partial charge in [0.2, 0.25) is 0 Å². The van der Waals surface area contributed by atoms with Gasteiger partial charge in [-0.15, -0.1) is 0 Å². The lowest BCUT2D eigenvalue weighted by Crippen LogP contribution is -2.12. The van der Waals surface area contributed by atoms with Gasteiger partial charge in [0.1, 0.15) is 5.75 Å². The molecule has 1 aromatic carbocycles. The summed E-state index contributed by atoms with van der Waals surface area (Å²) in [5, 5.41) is 18.9. The molecule has 0 saturated carbocycles. The van der Waals surface area contributed by atoms with Crippen molar-refractivity contribution in [1.82, 2.24) is 0 Å². The molecule has 0 atom stereocenters. The molecule has 0 spiro atoms. The highest BCUT2D eigenvalue weighted by atomic mass is 79.9. The third kappa shape index (κ3) is 2.28. The van der Waals surface area contributed by atoms with Gasteiger partial charge in [-0.1, -0.05) is 36.7 Å². The van der Waals surface area contributed by atoms with Crippen molar-refractivity contribution in [3.8, 4) is 5.75 Å². The normalized spacial score (nSPS) is 11.8. The van der Waals surface area contributed by atoms with Crippen molar-refractivity contribution in [2.45, 2.75) is 32.8 Å². The Bertz CT molecular complexity index is 340. The number of rotatable bonds is 1. The minimum atomic E-state index is -0.144. The molecular weight excluding hydrogens is 244 g/mol. The van der Waals surface area contributed by atoms with Crippen LogP contribution in [0.4, 0.5) is 0 Å². The smallest absolute Gasteiger partial charge is 0.124 e. The van der Waals surface area contributed by atoms with Crippen molar-refractivity contribution in [2.75, 3.05) is 0 Å². The summed E-state index contributed by atoms with van der Waals surface area (Å²) in [5.74, 6) is 0.197. The molecule has 3 heteroatoms. The highest BCUT2D eigenvalue weighted by Gasteiger charge is 2.20. The van der Waals surface area contributed by atoms with Gasteiger partial charge in [0.15, 0.2) is 0 Å². The Morgan fingerprint density at radius 3 is 2.29 bits per heavy atom. The average Bonchev–Trinajstić information content (AvgIpc) is 2.06. The van der Waals surface area contributed by atoms with E-state index in [2.05, 4.69) is 15.9 Å². The molecule has 0 bridgehead atoms. The van der Waals surface area contributed by atoms with Gasteiger partial charge in [-0.25, -0.2) is 0 Å². The van der Waals surface area contributed by atoms with Crippen LogP contribution < -0.4 is 0 Å². The topological polar surface area (TPSA) is 40.5 Å². The van der Waals surface area contributed by atoms with Crippen molar-refractivity contribution in [3.05, 3.63) is 27.7 Å². The summed E-state index contributed by atoms with van der Waals surface area (Å²) in [5.41, 5.74) is 1.28. The van der Waals surface area contributed by atoms with Crippen LogP contribution in [0.5, 0.6) is 5.75 Å². The molecule has 0 saturated heterocycles. The van der Waals surface area contributed by atoms with E-state index in [1.54, 1.807) is 6.07 Å². The van der Waals surface area contributed by atoms with Gasteiger partial charge in [-0.3, -0.25) is 0 Å². The van der Waals surface area contributed by atoms with E-state index in [4.69, 9.17) is 5.11 Å². The first-order valence-electron chi connectivity index (χ1n) is 4.49. The second-order valence-electron chi connectivity index (χ2n) is 4.37. The summed E-state index contributed by atoms with van der Waals surface area (Å²) in [6.07, 6.45) is 0. The van der Waals surface area contributed by atoms with Crippen LogP contribution in [0.25, 0.3) is 0 Å². The first-order valence-corrected chi connectivity index (χ1v) is 5.28. The largest absolute Gasteiger partial charge is 0.507 e. The number of aromatic hydroxyl groups is 1. The molecule has 2 nitrogen and oxygen atoms in total. The molecule has 1 aromatic rings. The van der Waals surface area contributed by atoms with E-state index in [-0.39, 0.29) is 17.8 Å². The number of hydrogen-bond acceptors (Lipinski definition) is 2. The molecule has 78 valence electrons. The monoisotopic (exact) mass is 258 g/mol. The van der Waals surface area contributed by atoms with E-state index in [0.29, 0.717) is 5.56 Å². The van der Waals surface area contributed by atoms with E-state index in [0.717, 1.165) is 10.0 Å². The number of halogens is 1. The molecule has 0 aromatic heterocycles. The summed E-state index contributed by atoms with van der Waals surface area (Å²) in [6.45, 7) is 5.93. The minimum Gasteiger partial charge on any atom is -0.507 e. The molecular formula is C11H15BrO2. The lowest BCUT2D eigenvalue weighted by Gasteiger charge is -2.22. The van der Waals surface area contributed by atoms with Crippen molar-refractivity contribution in [2.24, 2.45) is 0 Å². The molecule has 14 heavy (non-hydrogen) atoms. The number of aliphatic hydroxyl groups is 1. The van der Waals surface area contributed by atoms with Crippen LogP contribution in [0.3, 0.4) is 0 Å². The number of aliphatic hydroxyl groups excluding tert-OH is 1. The Balaban J connectivity index is 3.37. The van der Waals surface area contributed by atoms with Gasteiger partial charge in [0.25, 0.3) is 0 Å². The zero-order valence-corrected chi connectivity index (χ0v) is 10.2. The Morgan fingerprint density at radius 1 is 1.29 bits per heavy atom. The van der Waals surface area contributed by atoms with Crippen molar-refractivity contribution >= 4 is 15.9 Å². The highest BCUT2D eigenvalue weighted by molar-refractivity contribution is 9.10. The Morgan fingerprint density at radius 2 is 1.86 bits per heavy atom. The number of phenols is 1. The Hall–Kier alpha value is -0.540. The maximum absolute atomic E-state index is 9.87. The Kier molecular flexibility index (Phi) is 3.22. The zero-order valence-electron chi connectivity index (χ0n) is 8.63. The quantitative estimate of drug-likeness (QED) is 0.814.